The van der Waals surface area contributed by atoms with Crippen molar-refractivity contribution >= 4 is 50.2 Å². The Kier molecular flexibility index (Phi) is 3.07. The average molecular weight is 301 g/mol. The number of carbonyl (C=O) groups is 1. The number of nitrogens with one attached hydrogen (secondary N) is 1. The van der Waals surface area contributed by atoms with E-state index in [0.29, 0.717) is 11.3 Å². The van der Waals surface area contributed by atoms with E-state index in [2.05, 4.69) is 31.2 Å². The third-order valence-electron chi connectivity index (χ3n) is 1.93. The lowest BCUT2D eigenvalue weighted by Crippen LogP contribution is -2.08. The fourth-order valence-electron chi connectivity index (χ4n) is 1.34. The van der Waals surface area contributed by atoms with Crippen LogP contribution in [0.25, 0.3) is 10.9 Å². The van der Waals surface area contributed by atoms with Crippen LogP contribution in [0.4, 0.5) is 5.82 Å². The molecule has 82 valence electrons. The SMILES string of the molecule is CC(=O)Nc1nc(Cl)nc2cc(Br)ccc12. The van der Waals surface area contributed by atoms with Crippen molar-refractivity contribution in [2.75, 3.05) is 5.32 Å². The smallest absolute Gasteiger partial charge is 0.224 e. The second kappa shape index (κ2) is 4.35. The lowest BCUT2D eigenvalue weighted by molar-refractivity contribution is -0.114. The van der Waals surface area contributed by atoms with Crippen LogP contribution in [0.15, 0.2) is 22.7 Å². The molecule has 0 atom stereocenters. The number of amides is 1. The first-order valence-electron chi connectivity index (χ1n) is 4.46. The molecule has 2 aromatic rings. The number of hydrogen-bond donors (Lipinski definition) is 1. The number of halogens is 2. The van der Waals surface area contributed by atoms with E-state index in [1.807, 2.05) is 18.2 Å². The first-order valence-corrected chi connectivity index (χ1v) is 5.64. The van der Waals surface area contributed by atoms with E-state index in [-0.39, 0.29) is 11.2 Å². The molecule has 0 radical (unpaired) electrons. The Morgan fingerprint density at radius 1 is 1.44 bits per heavy atom. The molecule has 1 aromatic heterocycles. The second-order valence-electron chi connectivity index (χ2n) is 3.18. The van der Waals surface area contributed by atoms with E-state index in [0.717, 1.165) is 9.86 Å². The van der Waals surface area contributed by atoms with Gasteiger partial charge in [-0.2, -0.15) is 4.98 Å². The van der Waals surface area contributed by atoms with Crippen LogP contribution in [0.2, 0.25) is 5.28 Å². The molecule has 0 bridgehead atoms. The fraction of sp³-hybridized carbons (Fsp3) is 0.100. The Morgan fingerprint density at radius 2 is 2.19 bits per heavy atom. The quantitative estimate of drug-likeness (QED) is 0.824. The highest BCUT2D eigenvalue weighted by Crippen LogP contribution is 2.24. The summed E-state index contributed by atoms with van der Waals surface area (Å²) in [6.45, 7) is 1.42. The molecule has 0 aliphatic rings. The van der Waals surface area contributed by atoms with Gasteiger partial charge in [0.15, 0.2) is 0 Å². The Bertz CT molecular complexity index is 568. The number of anilines is 1. The van der Waals surface area contributed by atoms with E-state index in [1.54, 1.807) is 0 Å². The minimum atomic E-state index is -0.195. The molecule has 4 nitrogen and oxygen atoms in total. The molecule has 6 heteroatoms. The van der Waals surface area contributed by atoms with Crippen LogP contribution in [-0.2, 0) is 4.79 Å². The molecular formula is C10H7BrClN3O. The van der Waals surface area contributed by atoms with Gasteiger partial charge in [0, 0.05) is 16.8 Å². The lowest BCUT2D eigenvalue weighted by atomic mass is 10.2. The van der Waals surface area contributed by atoms with Crippen LogP contribution in [-0.4, -0.2) is 15.9 Å². The van der Waals surface area contributed by atoms with Gasteiger partial charge >= 0.3 is 0 Å². The molecular weight excluding hydrogens is 293 g/mol. The predicted octanol–water partition coefficient (Wildman–Crippen LogP) is 3.00. The van der Waals surface area contributed by atoms with E-state index in [9.17, 15) is 4.79 Å². The highest BCUT2D eigenvalue weighted by Gasteiger charge is 2.07. The van der Waals surface area contributed by atoms with Crippen molar-refractivity contribution in [2.24, 2.45) is 0 Å². The Labute approximate surface area is 105 Å². The average Bonchev–Trinajstić information content (AvgIpc) is 2.15. The third-order valence-corrected chi connectivity index (χ3v) is 2.59. The van der Waals surface area contributed by atoms with Crippen LogP contribution >= 0.6 is 27.5 Å². The number of benzene rings is 1. The maximum Gasteiger partial charge on any atom is 0.224 e. The Morgan fingerprint density at radius 3 is 2.88 bits per heavy atom. The van der Waals surface area contributed by atoms with E-state index < -0.39 is 0 Å². The summed E-state index contributed by atoms with van der Waals surface area (Å²) in [5.74, 6) is 0.231. The minimum Gasteiger partial charge on any atom is -0.310 e. The summed E-state index contributed by atoms with van der Waals surface area (Å²) in [4.78, 5) is 19.1. The van der Waals surface area contributed by atoms with Crippen molar-refractivity contribution in [3.05, 3.63) is 28.0 Å². The molecule has 0 aliphatic carbocycles. The topological polar surface area (TPSA) is 54.9 Å². The van der Waals surface area contributed by atoms with Gasteiger partial charge in [-0.15, -0.1) is 0 Å². The Hall–Kier alpha value is -1.20. The van der Waals surface area contributed by atoms with Crippen molar-refractivity contribution in [1.82, 2.24) is 9.97 Å². The van der Waals surface area contributed by atoms with Crippen LogP contribution in [0.3, 0.4) is 0 Å². The van der Waals surface area contributed by atoms with Gasteiger partial charge < -0.3 is 5.32 Å². The Balaban J connectivity index is 2.67. The largest absolute Gasteiger partial charge is 0.310 e. The molecule has 1 heterocycles. The number of aromatic nitrogens is 2. The molecule has 2 rings (SSSR count). The molecule has 0 fully saturated rings. The zero-order chi connectivity index (χ0) is 11.7. The van der Waals surface area contributed by atoms with Crippen LogP contribution in [0.1, 0.15) is 6.92 Å². The van der Waals surface area contributed by atoms with Gasteiger partial charge in [-0.05, 0) is 29.8 Å². The van der Waals surface area contributed by atoms with Crippen LogP contribution in [0, 0.1) is 0 Å². The lowest BCUT2D eigenvalue weighted by Gasteiger charge is -2.06. The highest BCUT2D eigenvalue weighted by atomic mass is 79.9. The summed E-state index contributed by atoms with van der Waals surface area (Å²) in [7, 11) is 0. The molecule has 1 aromatic carbocycles. The molecule has 16 heavy (non-hydrogen) atoms. The predicted molar refractivity (Wildman–Crippen MR) is 66.6 cm³/mol. The maximum absolute atomic E-state index is 11.0. The van der Waals surface area contributed by atoms with Gasteiger partial charge in [0.05, 0.1) is 5.52 Å². The first kappa shape index (κ1) is 11.3. The van der Waals surface area contributed by atoms with Gasteiger partial charge in [0.1, 0.15) is 5.82 Å². The van der Waals surface area contributed by atoms with Crippen molar-refractivity contribution in [2.45, 2.75) is 6.92 Å². The fourth-order valence-corrected chi connectivity index (χ4v) is 1.86. The number of nitrogens with zero attached hydrogens (tertiary/aromatic N) is 2. The summed E-state index contributed by atoms with van der Waals surface area (Å²) in [5.41, 5.74) is 0.679. The van der Waals surface area contributed by atoms with Crippen molar-refractivity contribution < 1.29 is 4.79 Å². The number of carbonyl (C=O) groups excluding carboxylic acids is 1. The van der Waals surface area contributed by atoms with E-state index in [1.165, 1.54) is 6.92 Å². The molecule has 0 aliphatic heterocycles. The second-order valence-corrected chi connectivity index (χ2v) is 4.44. The first-order chi connectivity index (χ1) is 7.56. The summed E-state index contributed by atoms with van der Waals surface area (Å²) >= 11 is 9.11. The normalized spacial score (nSPS) is 10.4. The molecule has 0 saturated heterocycles. The minimum absolute atomic E-state index is 0.106. The van der Waals surface area contributed by atoms with Gasteiger partial charge in [-0.1, -0.05) is 15.9 Å². The van der Waals surface area contributed by atoms with Gasteiger partial charge in [0.25, 0.3) is 0 Å². The van der Waals surface area contributed by atoms with Gasteiger partial charge in [-0.25, -0.2) is 4.98 Å². The standard InChI is InChI=1S/C10H7BrClN3O/c1-5(16)13-9-7-3-2-6(11)4-8(7)14-10(12)15-9/h2-4H,1H3,(H,13,14,15,16). The highest BCUT2D eigenvalue weighted by molar-refractivity contribution is 9.10. The number of fused-ring (bicyclic) bond motifs is 1. The zero-order valence-electron chi connectivity index (χ0n) is 8.29. The van der Waals surface area contributed by atoms with Crippen molar-refractivity contribution in [3.63, 3.8) is 0 Å². The molecule has 0 saturated carbocycles. The monoisotopic (exact) mass is 299 g/mol. The zero-order valence-corrected chi connectivity index (χ0v) is 10.6. The molecule has 0 unspecified atom stereocenters. The summed E-state index contributed by atoms with van der Waals surface area (Å²) in [5, 5.41) is 3.48. The van der Waals surface area contributed by atoms with Gasteiger partial charge in [-0.3, -0.25) is 4.79 Å². The number of rotatable bonds is 1. The molecule has 0 spiro atoms. The summed E-state index contributed by atoms with van der Waals surface area (Å²) < 4.78 is 0.892. The van der Waals surface area contributed by atoms with E-state index in [4.69, 9.17) is 11.6 Å². The van der Waals surface area contributed by atoms with Crippen LogP contribution < -0.4 is 5.32 Å². The molecule has 1 amide bonds. The molecule has 1 N–H and O–H groups in total. The third kappa shape index (κ3) is 2.31. The summed E-state index contributed by atoms with van der Waals surface area (Å²) in [6, 6.07) is 5.49. The summed E-state index contributed by atoms with van der Waals surface area (Å²) in [6.07, 6.45) is 0. The van der Waals surface area contributed by atoms with Gasteiger partial charge in [0.2, 0.25) is 11.2 Å². The van der Waals surface area contributed by atoms with Crippen molar-refractivity contribution in [1.29, 1.82) is 0 Å². The maximum atomic E-state index is 11.0. The van der Waals surface area contributed by atoms with Crippen molar-refractivity contribution in [3.8, 4) is 0 Å². The van der Waals surface area contributed by atoms with Crippen LogP contribution in [0.5, 0.6) is 0 Å². The van der Waals surface area contributed by atoms with E-state index >= 15 is 0 Å². The number of hydrogen-bond acceptors (Lipinski definition) is 3.